The number of thiophene rings is 1. The molecule has 1 N–H and O–H groups in total. The summed E-state index contributed by atoms with van der Waals surface area (Å²) in [7, 11) is 0. The molecule has 2 heterocycles. The molecule has 0 bridgehead atoms. The molecular formula is C28H36N4O3S. The molecule has 0 aliphatic heterocycles. The fraction of sp³-hybridized carbons (Fsp3) is 0.500. The first-order valence-electron chi connectivity index (χ1n) is 12.6. The zero-order chi connectivity index (χ0) is 24.4. The molecule has 0 atom stereocenters. The number of aromatic carboxylic acids is 1. The summed E-state index contributed by atoms with van der Waals surface area (Å²) in [5.41, 5.74) is 1.54. The fourth-order valence-electron chi connectivity index (χ4n) is 5.64. The van der Waals surface area contributed by atoms with Crippen molar-refractivity contribution in [1.29, 1.82) is 0 Å². The molecular weight excluding hydrogens is 472 g/mol. The van der Waals surface area contributed by atoms with Crippen molar-refractivity contribution in [2.24, 2.45) is 11.8 Å². The Labute approximate surface area is 217 Å². The highest BCUT2D eigenvalue weighted by Gasteiger charge is 2.38. The van der Waals surface area contributed by atoms with E-state index in [1.807, 2.05) is 46.0 Å². The molecule has 8 heteroatoms. The van der Waals surface area contributed by atoms with Gasteiger partial charge in [0.2, 0.25) is 5.91 Å². The number of nitrogens with zero attached hydrogens (tertiary/aromatic N) is 4. The number of benzene rings is 1. The van der Waals surface area contributed by atoms with Gasteiger partial charge in [0.05, 0.1) is 11.7 Å². The van der Waals surface area contributed by atoms with E-state index < -0.39 is 5.97 Å². The van der Waals surface area contributed by atoms with Crippen LogP contribution in [0.1, 0.15) is 81.4 Å². The molecule has 0 spiro atoms. The second-order valence-corrected chi connectivity index (χ2v) is 11.1. The lowest BCUT2D eigenvalue weighted by molar-refractivity contribution is -0.124. The molecule has 2 saturated carbocycles. The predicted octanol–water partition coefficient (Wildman–Crippen LogP) is 6.68. The molecule has 192 valence electrons. The molecule has 1 amide bonds. The van der Waals surface area contributed by atoms with Gasteiger partial charge < -0.3 is 10.0 Å². The Morgan fingerprint density at radius 3 is 2.33 bits per heavy atom. The smallest absolute Gasteiger partial charge is 0.348 e. The van der Waals surface area contributed by atoms with Gasteiger partial charge in [-0.2, -0.15) is 5.10 Å². The number of hydrogen-bond donors (Lipinski definition) is 1. The van der Waals surface area contributed by atoms with E-state index in [9.17, 15) is 14.7 Å². The maximum absolute atomic E-state index is 14.0. The van der Waals surface area contributed by atoms with Crippen molar-refractivity contribution < 1.29 is 14.7 Å². The Morgan fingerprint density at radius 1 is 1.03 bits per heavy atom. The monoisotopic (exact) mass is 508 g/mol. The van der Waals surface area contributed by atoms with E-state index in [2.05, 4.69) is 17.0 Å². The third-order valence-electron chi connectivity index (χ3n) is 7.67. The Kier molecular flexibility index (Phi) is 8.24. The number of carbonyl (C=O) groups is 2. The van der Waals surface area contributed by atoms with E-state index >= 15 is 0 Å². The van der Waals surface area contributed by atoms with Crippen molar-refractivity contribution in [2.45, 2.75) is 77.8 Å². The quantitative estimate of drug-likeness (QED) is 0.401. The summed E-state index contributed by atoms with van der Waals surface area (Å²) in [6, 6.07) is 12.0. The van der Waals surface area contributed by atoms with Crippen LogP contribution in [0.5, 0.6) is 0 Å². The van der Waals surface area contributed by atoms with E-state index in [1.54, 1.807) is 12.7 Å². The van der Waals surface area contributed by atoms with Gasteiger partial charge in [-0.1, -0.05) is 44.7 Å². The molecule has 36 heavy (non-hydrogen) atoms. The number of amides is 1. The van der Waals surface area contributed by atoms with Crippen LogP contribution < -0.4 is 4.90 Å². The number of carbonyl (C=O) groups excluding carboxylic acids is 1. The Hall–Kier alpha value is -3.00. The van der Waals surface area contributed by atoms with Crippen LogP contribution in [0.2, 0.25) is 0 Å². The first-order chi connectivity index (χ1) is 17.0. The van der Waals surface area contributed by atoms with E-state index in [-0.39, 0.29) is 36.2 Å². The van der Waals surface area contributed by atoms with Crippen molar-refractivity contribution in [3.63, 3.8) is 0 Å². The summed E-state index contributed by atoms with van der Waals surface area (Å²) in [5, 5.41) is 14.4. The second-order valence-electron chi connectivity index (χ2n) is 10.00. The molecule has 3 aromatic rings. The molecule has 7 nitrogen and oxygen atoms in total. The number of hydrogen-bond acceptors (Lipinski definition) is 5. The zero-order valence-corrected chi connectivity index (χ0v) is 20.9. The van der Waals surface area contributed by atoms with Gasteiger partial charge in [0.25, 0.3) is 0 Å². The average molecular weight is 509 g/mol. The minimum absolute atomic E-state index is 0. The molecule has 0 radical (unpaired) electrons. The summed E-state index contributed by atoms with van der Waals surface area (Å²) in [6.45, 7) is 2.25. The van der Waals surface area contributed by atoms with Crippen LogP contribution in [0.25, 0.3) is 10.4 Å². The molecule has 2 aromatic heterocycles. The summed E-state index contributed by atoms with van der Waals surface area (Å²) in [4.78, 5) is 33.5. The topological polar surface area (TPSA) is 88.3 Å². The number of rotatable bonds is 6. The largest absolute Gasteiger partial charge is 0.477 e. The average Bonchev–Trinajstić information content (AvgIpc) is 3.57. The minimum atomic E-state index is -0.974. The first kappa shape index (κ1) is 26.1. The lowest BCUT2D eigenvalue weighted by atomic mass is 9.81. The highest BCUT2D eigenvalue weighted by molar-refractivity contribution is 7.18. The van der Waals surface area contributed by atoms with Gasteiger partial charge in [-0.15, -0.1) is 11.3 Å². The molecule has 0 unspecified atom stereocenters. The third kappa shape index (κ3) is 5.38. The zero-order valence-electron chi connectivity index (χ0n) is 20.0. The molecule has 0 saturated heterocycles. The van der Waals surface area contributed by atoms with E-state index in [4.69, 9.17) is 0 Å². The Balaban J connectivity index is 0.00000304. The summed E-state index contributed by atoms with van der Waals surface area (Å²) >= 11 is 1.26. The van der Waals surface area contributed by atoms with Crippen LogP contribution in [-0.4, -0.2) is 37.8 Å². The maximum Gasteiger partial charge on any atom is 0.348 e. The standard InChI is InChI=1S/C27H32N4O3S.CH4/c1-18-7-9-20(10-8-18)26(32)31(22-13-11-21(12-14-22)30-17-28-16-29-30)23-15-24(35-25(23)27(33)34)19-5-3-2-4-6-19;/h2-6,15-18,20-22H,7-14H2,1H3,(H,33,34);1H4. The van der Waals surface area contributed by atoms with Gasteiger partial charge >= 0.3 is 5.97 Å². The van der Waals surface area contributed by atoms with Crippen LogP contribution in [-0.2, 0) is 4.79 Å². The van der Waals surface area contributed by atoms with Crippen LogP contribution in [0.15, 0.2) is 49.1 Å². The van der Waals surface area contributed by atoms with E-state index in [0.29, 0.717) is 11.6 Å². The van der Waals surface area contributed by atoms with E-state index in [0.717, 1.165) is 61.8 Å². The number of carboxylic acid groups (broad SMARTS) is 1. The molecule has 2 aliphatic carbocycles. The summed E-state index contributed by atoms with van der Waals surface area (Å²) < 4.78 is 1.91. The minimum Gasteiger partial charge on any atom is -0.477 e. The van der Waals surface area contributed by atoms with Gasteiger partial charge in [0, 0.05) is 16.8 Å². The van der Waals surface area contributed by atoms with Gasteiger partial charge in [0.1, 0.15) is 17.5 Å². The summed E-state index contributed by atoms with van der Waals surface area (Å²) in [5.74, 6) is -0.272. The molecule has 5 rings (SSSR count). The Morgan fingerprint density at radius 2 is 1.72 bits per heavy atom. The van der Waals surface area contributed by atoms with Gasteiger partial charge in [-0.3, -0.25) is 4.79 Å². The van der Waals surface area contributed by atoms with Crippen LogP contribution in [0.3, 0.4) is 0 Å². The number of anilines is 1. The SMILES string of the molecule is C.CC1CCC(C(=O)N(c2cc(-c3ccccc3)sc2C(=O)O)C2CCC(n3cncn3)CC2)CC1. The van der Waals surface area contributed by atoms with E-state index in [1.165, 1.54) is 11.3 Å². The first-order valence-corrected chi connectivity index (χ1v) is 13.4. The fourth-order valence-corrected chi connectivity index (χ4v) is 6.64. The third-order valence-corrected chi connectivity index (χ3v) is 8.83. The van der Waals surface area contributed by atoms with Crippen molar-refractivity contribution in [1.82, 2.24) is 14.8 Å². The van der Waals surface area contributed by atoms with Crippen molar-refractivity contribution in [2.75, 3.05) is 4.90 Å². The number of aromatic nitrogens is 3. The highest BCUT2D eigenvalue weighted by Crippen LogP contribution is 2.42. The van der Waals surface area contributed by atoms with Crippen molar-refractivity contribution >= 4 is 28.9 Å². The van der Waals surface area contributed by atoms with Gasteiger partial charge in [-0.25, -0.2) is 14.5 Å². The van der Waals surface area contributed by atoms with Gasteiger partial charge in [0.15, 0.2) is 0 Å². The van der Waals surface area contributed by atoms with Crippen LogP contribution in [0.4, 0.5) is 5.69 Å². The lowest BCUT2D eigenvalue weighted by Gasteiger charge is -2.39. The lowest BCUT2D eigenvalue weighted by Crippen LogP contribution is -2.46. The van der Waals surface area contributed by atoms with Crippen LogP contribution in [0, 0.1) is 11.8 Å². The predicted molar refractivity (Wildman–Crippen MR) is 143 cm³/mol. The summed E-state index contributed by atoms with van der Waals surface area (Å²) in [6.07, 6.45) is 10.6. The normalized spacial score (nSPS) is 24.0. The molecule has 1 aromatic carbocycles. The number of carboxylic acids is 1. The molecule has 2 fully saturated rings. The van der Waals surface area contributed by atoms with Gasteiger partial charge in [-0.05, 0) is 68.9 Å². The molecule has 2 aliphatic rings. The van der Waals surface area contributed by atoms with Crippen molar-refractivity contribution in [3.05, 3.63) is 53.9 Å². The van der Waals surface area contributed by atoms with Crippen molar-refractivity contribution in [3.8, 4) is 10.4 Å². The Bertz CT molecular complexity index is 1140. The maximum atomic E-state index is 14.0. The van der Waals surface area contributed by atoms with Crippen LogP contribution >= 0.6 is 11.3 Å². The second kappa shape index (κ2) is 11.4. The highest BCUT2D eigenvalue weighted by atomic mass is 32.1.